The second kappa shape index (κ2) is 11.7. The summed E-state index contributed by atoms with van der Waals surface area (Å²) in [4.78, 5) is 12.1. The first-order valence-corrected chi connectivity index (χ1v) is 10.5. The molecule has 1 aromatic carbocycles. The van der Waals surface area contributed by atoms with Crippen LogP contribution in [0.5, 0.6) is 5.75 Å². The van der Waals surface area contributed by atoms with Crippen LogP contribution in [0, 0.1) is 5.92 Å². The number of nitrogens with one attached hydrogen (secondary N) is 1. The van der Waals surface area contributed by atoms with Gasteiger partial charge in [0.05, 0.1) is 12.4 Å². The summed E-state index contributed by atoms with van der Waals surface area (Å²) in [5, 5.41) is 12.2. The Morgan fingerprint density at radius 3 is 2.64 bits per heavy atom. The first-order chi connectivity index (χ1) is 13.5. The summed E-state index contributed by atoms with van der Waals surface area (Å²) in [5.74, 6) is 2.35. The number of thioether (sulfide) groups is 1. The molecule has 1 amide bonds. The Hall–Kier alpha value is -2.06. The van der Waals surface area contributed by atoms with Gasteiger partial charge < -0.3 is 19.4 Å². The van der Waals surface area contributed by atoms with Crippen molar-refractivity contribution in [1.82, 2.24) is 20.1 Å². The normalized spacial score (nSPS) is 12.2. The van der Waals surface area contributed by atoms with E-state index in [9.17, 15) is 4.79 Å². The Morgan fingerprint density at radius 1 is 1.21 bits per heavy atom. The number of methoxy groups -OCH3 is 1. The highest BCUT2D eigenvalue weighted by Gasteiger charge is 2.16. The molecule has 2 aromatic rings. The van der Waals surface area contributed by atoms with Crippen LogP contribution in [0.25, 0.3) is 0 Å². The number of amides is 1. The van der Waals surface area contributed by atoms with Gasteiger partial charge in [0.1, 0.15) is 12.4 Å². The van der Waals surface area contributed by atoms with Gasteiger partial charge in [-0.25, -0.2) is 0 Å². The standard InChI is InChI=1S/C20H30N4O3S/c1-15(2)10-11-24-18(13-27-17-8-6-5-7-9-17)22-23-20(24)28-14-19(25)21-16(3)12-26-4/h5-9,15-16H,10-14H2,1-4H3,(H,21,25). The third kappa shape index (κ3) is 7.52. The van der Waals surface area contributed by atoms with Gasteiger partial charge in [-0.15, -0.1) is 10.2 Å². The van der Waals surface area contributed by atoms with Crippen molar-refractivity contribution in [3.8, 4) is 5.75 Å². The molecule has 0 saturated heterocycles. The number of ether oxygens (including phenoxy) is 2. The third-order valence-corrected chi connectivity index (χ3v) is 4.96. The zero-order valence-electron chi connectivity index (χ0n) is 17.1. The smallest absolute Gasteiger partial charge is 0.230 e. The summed E-state index contributed by atoms with van der Waals surface area (Å²) in [6.45, 7) is 7.90. The fraction of sp³-hybridized carbons (Fsp3) is 0.550. The monoisotopic (exact) mass is 406 g/mol. The molecule has 1 aromatic heterocycles. The van der Waals surface area contributed by atoms with Crippen molar-refractivity contribution < 1.29 is 14.3 Å². The van der Waals surface area contributed by atoms with E-state index in [0.29, 0.717) is 19.1 Å². The van der Waals surface area contributed by atoms with Crippen LogP contribution in [0.4, 0.5) is 0 Å². The van der Waals surface area contributed by atoms with Crippen molar-refractivity contribution in [2.24, 2.45) is 5.92 Å². The molecule has 0 radical (unpaired) electrons. The predicted molar refractivity (Wildman–Crippen MR) is 110 cm³/mol. The van der Waals surface area contributed by atoms with Crippen LogP contribution in [-0.4, -0.2) is 46.2 Å². The van der Waals surface area contributed by atoms with Crippen LogP contribution in [0.2, 0.25) is 0 Å². The quantitative estimate of drug-likeness (QED) is 0.546. The van der Waals surface area contributed by atoms with Crippen LogP contribution in [0.3, 0.4) is 0 Å². The van der Waals surface area contributed by atoms with Crippen LogP contribution in [-0.2, 0) is 22.7 Å². The minimum absolute atomic E-state index is 0.0215. The van der Waals surface area contributed by atoms with Crippen molar-refractivity contribution in [3.05, 3.63) is 36.2 Å². The van der Waals surface area contributed by atoms with E-state index in [1.165, 1.54) is 11.8 Å². The van der Waals surface area contributed by atoms with Gasteiger partial charge in [0, 0.05) is 19.7 Å². The van der Waals surface area contributed by atoms with E-state index in [-0.39, 0.29) is 17.7 Å². The van der Waals surface area contributed by atoms with E-state index in [1.54, 1.807) is 7.11 Å². The molecule has 8 heteroatoms. The number of benzene rings is 1. The molecule has 2 rings (SSSR count). The Morgan fingerprint density at radius 2 is 1.96 bits per heavy atom. The molecule has 0 aliphatic heterocycles. The molecule has 0 aliphatic rings. The molecule has 1 heterocycles. The van der Waals surface area contributed by atoms with Gasteiger partial charge in [-0.2, -0.15) is 0 Å². The number of hydrogen-bond donors (Lipinski definition) is 1. The van der Waals surface area contributed by atoms with E-state index in [0.717, 1.165) is 29.7 Å². The van der Waals surface area contributed by atoms with Gasteiger partial charge in [0.25, 0.3) is 0 Å². The lowest BCUT2D eigenvalue weighted by Gasteiger charge is -2.14. The van der Waals surface area contributed by atoms with E-state index in [2.05, 4.69) is 33.9 Å². The van der Waals surface area contributed by atoms with Crippen molar-refractivity contribution in [2.75, 3.05) is 19.5 Å². The predicted octanol–water partition coefficient (Wildman–Crippen LogP) is 3.15. The molecular formula is C20H30N4O3S. The molecule has 1 unspecified atom stereocenters. The number of carbonyl (C=O) groups is 1. The molecule has 7 nitrogen and oxygen atoms in total. The molecule has 0 bridgehead atoms. The lowest BCUT2D eigenvalue weighted by Crippen LogP contribution is -2.36. The van der Waals surface area contributed by atoms with Gasteiger partial charge >= 0.3 is 0 Å². The molecule has 0 spiro atoms. The topological polar surface area (TPSA) is 78.3 Å². The average Bonchev–Trinajstić information content (AvgIpc) is 3.05. The van der Waals surface area contributed by atoms with Gasteiger partial charge in [-0.05, 0) is 31.4 Å². The van der Waals surface area contributed by atoms with Crippen molar-refractivity contribution in [3.63, 3.8) is 0 Å². The average molecular weight is 407 g/mol. The summed E-state index contributed by atoms with van der Waals surface area (Å²) >= 11 is 1.39. The lowest BCUT2D eigenvalue weighted by atomic mass is 10.1. The fourth-order valence-electron chi connectivity index (χ4n) is 2.55. The molecule has 1 N–H and O–H groups in total. The summed E-state index contributed by atoms with van der Waals surface area (Å²) in [6, 6.07) is 9.62. The van der Waals surface area contributed by atoms with E-state index < -0.39 is 0 Å². The van der Waals surface area contributed by atoms with Crippen LogP contribution in [0.1, 0.15) is 33.0 Å². The fourth-order valence-corrected chi connectivity index (χ4v) is 3.34. The molecule has 28 heavy (non-hydrogen) atoms. The minimum atomic E-state index is -0.0463. The second-order valence-electron chi connectivity index (χ2n) is 7.05. The maximum Gasteiger partial charge on any atom is 0.230 e. The first-order valence-electron chi connectivity index (χ1n) is 9.50. The van der Waals surface area contributed by atoms with Gasteiger partial charge in [-0.1, -0.05) is 43.8 Å². The van der Waals surface area contributed by atoms with Crippen molar-refractivity contribution in [1.29, 1.82) is 0 Å². The van der Waals surface area contributed by atoms with Crippen LogP contribution >= 0.6 is 11.8 Å². The van der Waals surface area contributed by atoms with Crippen LogP contribution in [0.15, 0.2) is 35.5 Å². The highest BCUT2D eigenvalue weighted by molar-refractivity contribution is 7.99. The molecule has 1 atom stereocenters. The first kappa shape index (κ1) is 22.2. The zero-order chi connectivity index (χ0) is 20.4. The molecule has 0 aliphatic carbocycles. The Kier molecular flexibility index (Phi) is 9.30. The molecule has 154 valence electrons. The Bertz CT molecular complexity index is 721. The van der Waals surface area contributed by atoms with Crippen LogP contribution < -0.4 is 10.1 Å². The Labute approximate surface area is 171 Å². The number of aromatic nitrogens is 3. The van der Waals surface area contributed by atoms with E-state index >= 15 is 0 Å². The maximum absolute atomic E-state index is 12.1. The third-order valence-electron chi connectivity index (χ3n) is 3.99. The number of nitrogens with zero attached hydrogens (tertiary/aromatic N) is 3. The zero-order valence-corrected chi connectivity index (χ0v) is 17.9. The SMILES string of the molecule is COCC(C)NC(=O)CSc1nnc(COc2ccccc2)n1CCC(C)C. The molecule has 0 fully saturated rings. The lowest BCUT2D eigenvalue weighted by molar-refractivity contribution is -0.119. The summed E-state index contributed by atoms with van der Waals surface area (Å²) < 4.78 is 12.9. The minimum Gasteiger partial charge on any atom is -0.486 e. The number of hydrogen-bond acceptors (Lipinski definition) is 6. The summed E-state index contributed by atoms with van der Waals surface area (Å²) in [5.41, 5.74) is 0. The van der Waals surface area contributed by atoms with Gasteiger partial charge in [-0.3, -0.25) is 4.79 Å². The van der Waals surface area contributed by atoms with Crippen molar-refractivity contribution in [2.45, 2.75) is 51.5 Å². The highest BCUT2D eigenvalue weighted by Crippen LogP contribution is 2.20. The van der Waals surface area contributed by atoms with E-state index in [4.69, 9.17) is 9.47 Å². The number of rotatable bonds is 12. The van der Waals surface area contributed by atoms with Crippen molar-refractivity contribution >= 4 is 17.7 Å². The highest BCUT2D eigenvalue weighted by atomic mass is 32.2. The summed E-state index contributed by atoms with van der Waals surface area (Å²) in [7, 11) is 1.62. The Balaban J connectivity index is 1.99. The maximum atomic E-state index is 12.1. The summed E-state index contributed by atoms with van der Waals surface area (Å²) in [6.07, 6.45) is 1.00. The molecular weight excluding hydrogens is 376 g/mol. The second-order valence-corrected chi connectivity index (χ2v) is 7.99. The largest absolute Gasteiger partial charge is 0.486 e. The number of carbonyl (C=O) groups excluding carboxylic acids is 1. The number of para-hydroxylation sites is 1. The van der Waals surface area contributed by atoms with Gasteiger partial charge in [0.15, 0.2) is 11.0 Å². The van der Waals surface area contributed by atoms with E-state index in [1.807, 2.05) is 37.3 Å². The van der Waals surface area contributed by atoms with Gasteiger partial charge in [0.2, 0.25) is 5.91 Å². The molecule has 0 saturated carbocycles.